The molecule has 1 aromatic carbocycles. The van der Waals surface area contributed by atoms with E-state index in [4.69, 9.17) is 5.73 Å². The largest absolute Gasteiger partial charge is 0.416 e. The fourth-order valence-electron chi connectivity index (χ4n) is 1.90. The lowest BCUT2D eigenvalue weighted by Crippen LogP contribution is -2.10. The van der Waals surface area contributed by atoms with E-state index in [1.54, 1.807) is 10.9 Å². The van der Waals surface area contributed by atoms with Crippen LogP contribution in [0.1, 0.15) is 22.5 Å². The predicted molar refractivity (Wildman–Crippen MR) is 65.9 cm³/mol. The number of hydrogen-bond donors (Lipinski definition) is 1. The monoisotopic (exact) mass is 269 g/mol. The molecule has 0 unspecified atom stereocenters. The standard InChI is InChI=1S/C13H14F3N3/c1-8-9(2)19(7-18-8)12-4-3-11(13(14,15)16)5-10(12)6-17/h3-5,7H,6,17H2,1-2H3. The van der Waals surface area contributed by atoms with Gasteiger partial charge in [-0.25, -0.2) is 4.98 Å². The molecule has 2 aromatic rings. The molecular formula is C13H14F3N3. The molecule has 0 aliphatic rings. The summed E-state index contributed by atoms with van der Waals surface area (Å²) in [6.07, 6.45) is -2.77. The molecule has 0 radical (unpaired) electrons. The van der Waals surface area contributed by atoms with E-state index in [-0.39, 0.29) is 6.54 Å². The zero-order valence-corrected chi connectivity index (χ0v) is 10.6. The van der Waals surface area contributed by atoms with E-state index in [0.29, 0.717) is 11.3 Å². The van der Waals surface area contributed by atoms with Crippen LogP contribution in [0, 0.1) is 13.8 Å². The molecule has 2 rings (SSSR count). The fourth-order valence-corrected chi connectivity index (χ4v) is 1.90. The molecule has 0 fully saturated rings. The van der Waals surface area contributed by atoms with Gasteiger partial charge in [0.05, 0.1) is 23.3 Å². The van der Waals surface area contributed by atoms with Crippen LogP contribution in [0.2, 0.25) is 0 Å². The van der Waals surface area contributed by atoms with Crippen molar-refractivity contribution < 1.29 is 13.2 Å². The minimum Gasteiger partial charge on any atom is -0.326 e. The van der Waals surface area contributed by atoms with E-state index in [1.165, 1.54) is 6.07 Å². The van der Waals surface area contributed by atoms with Crippen molar-refractivity contribution >= 4 is 0 Å². The van der Waals surface area contributed by atoms with E-state index in [2.05, 4.69) is 4.98 Å². The minimum absolute atomic E-state index is 0.0376. The molecule has 6 heteroatoms. The average Bonchev–Trinajstić information content (AvgIpc) is 2.68. The molecule has 2 N–H and O–H groups in total. The van der Waals surface area contributed by atoms with Crippen LogP contribution >= 0.6 is 0 Å². The quantitative estimate of drug-likeness (QED) is 0.910. The molecule has 0 aliphatic heterocycles. The molecule has 19 heavy (non-hydrogen) atoms. The molecule has 0 aliphatic carbocycles. The minimum atomic E-state index is -4.36. The number of benzene rings is 1. The first-order valence-electron chi connectivity index (χ1n) is 5.75. The van der Waals surface area contributed by atoms with Gasteiger partial charge in [0.2, 0.25) is 0 Å². The number of halogens is 3. The van der Waals surface area contributed by atoms with Crippen molar-refractivity contribution in [3.05, 3.63) is 47.0 Å². The zero-order chi connectivity index (χ0) is 14.2. The maximum absolute atomic E-state index is 12.7. The van der Waals surface area contributed by atoms with Gasteiger partial charge in [-0.1, -0.05) is 0 Å². The van der Waals surface area contributed by atoms with E-state index < -0.39 is 11.7 Å². The molecule has 0 saturated heterocycles. The Morgan fingerprint density at radius 2 is 1.95 bits per heavy atom. The number of nitrogens with two attached hydrogens (primary N) is 1. The van der Waals surface area contributed by atoms with Crippen LogP contribution in [0.4, 0.5) is 13.2 Å². The van der Waals surface area contributed by atoms with Crippen LogP contribution < -0.4 is 5.73 Å². The fraction of sp³-hybridized carbons (Fsp3) is 0.308. The Bertz CT molecular complexity index is 600. The van der Waals surface area contributed by atoms with Gasteiger partial charge in [0, 0.05) is 12.2 Å². The molecule has 1 aromatic heterocycles. The first kappa shape index (κ1) is 13.6. The third-order valence-electron chi connectivity index (χ3n) is 3.14. The smallest absolute Gasteiger partial charge is 0.326 e. The Morgan fingerprint density at radius 1 is 1.26 bits per heavy atom. The van der Waals surface area contributed by atoms with Gasteiger partial charge in [-0.15, -0.1) is 0 Å². The second kappa shape index (κ2) is 4.70. The average molecular weight is 269 g/mol. The Kier molecular flexibility index (Phi) is 3.36. The Hall–Kier alpha value is -1.82. The molecule has 1 heterocycles. The number of aryl methyl sites for hydroxylation is 1. The number of hydrogen-bond acceptors (Lipinski definition) is 2. The van der Waals surface area contributed by atoms with Crippen LogP contribution in [-0.2, 0) is 12.7 Å². The number of nitrogens with zero attached hydrogens (tertiary/aromatic N) is 2. The van der Waals surface area contributed by atoms with Crippen molar-refractivity contribution in [1.29, 1.82) is 0 Å². The zero-order valence-electron chi connectivity index (χ0n) is 10.6. The molecule has 3 nitrogen and oxygen atoms in total. The number of rotatable bonds is 2. The van der Waals surface area contributed by atoms with Crippen molar-refractivity contribution in [2.45, 2.75) is 26.6 Å². The van der Waals surface area contributed by atoms with Crippen molar-refractivity contribution in [3.63, 3.8) is 0 Å². The second-order valence-electron chi connectivity index (χ2n) is 4.33. The first-order valence-corrected chi connectivity index (χ1v) is 5.75. The van der Waals surface area contributed by atoms with Crippen molar-refractivity contribution in [1.82, 2.24) is 9.55 Å². The van der Waals surface area contributed by atoms with Gasteiger partial charge < -0.3 is 10.3 Å². The van der Waals surface area contributed by atoms with Crippen molar-refractivity contribution in [2.24, 2.45) is 5.73 Å². The summed E-state index contributed by atoms with van der Waals surface area (Å²) in [5.74, 6) is 0. The number of aromatic nitrogens is 2. The lowest BCUT2D eigenvalue weighted by molar-refractivity contribution is -0.137. The van der Waals surface area contributed by atoms with Gasteiger partial charge in [0.15, 0.2) is 0 Å². The summed E-state index contributed by atoms with van der Waals surface area (Å²) in [4.78, 5) is 4.14. The third-order valence-corrected chi connectivity index (χ3v) is 3.14. The SMILES string of the molecule is Cc1ncn(-c2ccc(C(F)(F)F)cc2CN)c1C. The van der Waals surface area contributed by atoms with E-state index in [9.17, 15) is 13.2 Å². The molecule has 0 saturated carbocycles. The van der Waals surface area contributed by atoms with Crippen LogP contribution in [0.3, 0.4) is 0 Å². The summed E-state index contributed by atoms with van der Waals surface area (Å²) in [6, 6.07) is 3.58. The number of imidazole rings is 1. The predicted octanol–water partition coefficient (Wildman–Crippen LogP) is 2.97. The van der Waals surface area contributed by atoms with Crippen molar-refractivity contribution in [2.75, 3.05) is 0 Å². The van der Waals surface area contributed by atoms with E-state index in [0.717, 1.165) is 23.5 Å². The summed E-state index contributed by atoms with van der Waals surface area (Å²) < 4.78 is 39.7. The highest BCUT2D eigenvalue weighted by molar-refractivity contribution is 5.46. The molecular weight excluding hydrogens is 255 g/mol. The highest BCUT2D eigenvalue weighted by Crippen LogP contribution is 2.31. The Balaban J connectivity index is 2.56. The molecule has 0 atom stereocenters. The van der Waals surface area contributed by atoms with Gasteiger partial charge in [0.25, 0.3) is 0 Å². The highest BCUT2D eigenvalue weighted by Gasteiger charge is 2.31. The van der Waals surface area contributed by atoms with Gasteiger partial charge in [-0.2, -0.15) is 13.2 Å². The number of alkyl halides is 3. The van der Waals surface area contributed by atoms with Crippen molar-refractivity contribution in [3.8, 4) is 5.69 Å². The highest BCUT2D eigenvalue weighted by atomic mass is 19.4. The molecule has 0 amide bonds. The summed E-state index contributed by atoms with van der Waals surface area (Å²) >= 11 is 0. The lowest BCUT2D eigenvalue weighted by atomic mass is 10.1. The summed E-state index contributed by atoms with van der Waals surface area (Å²) in [5.41, 5.74) is 7.66. The van der Waals surface area contributed by atoms with E-state index >= 15 is 0 Å². The van der Waals surface area contributed by atoms with Gasteiger partial charge in [-0.05, 0) is 37.6 Å². The molecule has 0 bridgehead atoms. The Labute approximate surface area is 108 Å². The summed E-state index contributed by atoms with van der Waals surface area (Å²) in [5, 5.41) is 0. The van der Waals surface area contributed by atoms with Gasteiger partial charge in [-0.3, -0.25) is 0 Å². The van der Waals surface area contributed by atoms with Gasteiger partial charge in [0.1, 0.15) is 0 Å². The van der Waals surface area contributed by atoms with Gasteiger partial charge >= 0.3 is 6.18 Å². The maximum atomic E-state index is 12.7. The Morgan fingerprint density at radius 3 is 2.42 bits per heavy atom. The normalized spacial score (nSPS) is 11.9. The molecule has 102 valence electrons. The van der Waals surface area contributed by atoms with Crippen LogP contribution in [0.25, 0.3) is 5.69 Å². The third kappa shape index (κ3) is 2.49. The van der Waals surface area contributed by atoms with E-state index in [1.807, 2.05) is 13.8 Å². The van der Waals surface area contributed by atoms with Crippen LogP contribution in [0.15, 0.2) is 24.5 Å². The summed E-state index contributed by atoms with van der Waals surface area (Å²) in [6.45, 7) is 3.74. The summed E-state index contributed by atoms with van der Waals surface area (Å²) in [7, 11) is 0. The van der Waals surface area contributed by atoms with Crippen LogP contribution in [0.5, 0.6) is 0 Å². The van der Waals surface area contributed by atoms with Crippen LogP contribution in [-0.4, -0.2) is 9.55 Å². The first-order chi connectivity index (χ1) is 8.84. The lowest BCUT2D eigenvalue weighted by Gasteiger charge is -2.14. The second-order valence-corrected chi connectivity index (χ2v) is 4.33. The maximum Gasteiger partial charge on any atom is 0.416 e. The molecule has 0 spiro atoms. The topological polar surface area (TPSA) is 43.8 Å².